The van der Waals surface area contributed by atoms with Crippen LogP contribution in [-0.4, -0.2) is 202 Å². The van der Waals surface area contributed by atoms with Gasteiger partial charge in [0.05, 0.1) is 36.9 Å². The van der Waals surface area contributed by atoms with Crippen molar-refractivity contribution in [3.05, 3.63) is 29.8 Å². The third-order valence-electron chi connectivity index (χ3n) is 14.7. The smallest absolute Gasteiger partial charge is 0.248 e. The van der Waals surface area contributed by atoms with Crippen molar-refractivity contribution in [1.82, 2.24) is 36.4 Å². The first-order chi connectivity index (χ1) is 36.9. The second-order valence-electron chi connectivity index (χ2n) is 21.2. The van der Waals surface area contributed by atoms with Crippen molar-refractivity contribution in [3.8, 4) is 5.75 Å². The normalized spacial score (nSPS) is 28.4. The largest absolute Gasteiger partial charge is 0.508 e. The zero-order chi connectivity index (χ0) is 58.0. The summed E-state index contributed by atoms with van der Waals surface area (Å²) >= 11 is 0.907. The molecule has 0 spiro atoms. The Morgan fingerprint density at radius 1 is 0.756 bits per heavy atom. The molecule has 4 rings (SSSR count). The number of benzene rings is 1. The van der Waals surface area contributed by atoms with Crippen LogP contribution < -0.4 is 38.1 Å². The van der Waals surface area contributed by atoms with Gasteiger partial charge in [-0.05, 0) is 55.7 Å². The maximum absolute atomic E-state index is 14.6. The Balaban J connectivity index is 1.74. The molecule has 0 bridgehead atoms. The molecular formula is C52H85N9O16S. The highest BCUT2D eigenvalue weighted by Gasteiger charge is 2.49. The number of aliphatic hydroxyl groups is 7. The number of hydrogen-bond donors (Lipinski definition) is 15. The number of carbonyl (C=O) groups is 8. The Bertz CT molecular complexity index is 2160. The van der Waals surface area contributed by atoms with Gasteiger partial charge in [0.25, 0.3) is 0 Å². The number of aliphatic hydroxyl groups excluding tert-OH is 7. The minimum absolute atomic E-state index is 0.0148. The number of thioether (sulfide) groups is 1. The molecule has 3 aliphatic heterocycles. The van der Waals surface area contributed by atoms with Crippen LogP contribution >= 0.6 is 11.8 Å². The summed E-state index contributed by atoms with van der Waals surface area (Å²) in [5.41, 5.74) is 11.1. The summed E-state index contributed by atoms with van der Waals surface area (Å²) in [4.78, 5) is 114. The maximum Gasteiger partial charge on any atom is 0.248 e. The number of nitrogens with one attached hydrogen (secondary N) is 5. The molecular weight excluding hydrogens is 1040 g/mol. The van der Waals surface area contributed by atoms with E-state index in [1.54, 1.807) is 0 Å². The van der Waals surface area contributed by atoms with E-state index in [2.05, 4.69) is 47.4 Å². The number of amides is 8. The number of rotatable bonds is 23. The fourth-order valence-corrected chi connectivity index (χ4v) is 11.1. The molecule has 3 aliphatic rings. The van der Waals surface area contributed by atoms with Gasteiger partial charge in [0.2, 0.25) is 47.3 Å². The average molecular weight is 1120 g/mol. The topological polar surface area (TPSA) is 417 Å². The number of nitrogens with zero attached hydrogens (tertiary/aromatic N) is 2. The van der Waals surface area contributed by atoms with E-state index in [0.29, 0.717) is 24.7 Å². The van der Waals surface area contributed by atoms with Crippen molar-refractivity contribution >= 4 is 59.0 Å². The molecule has 3 heterocycles. The molecule has 0 saturated carbocycles. The van der Waals surface area contributed by atoms with Crippen molar-refractivity contribution in [2.75, 3.05) is 25.4 Å². The number of primary amides is 1. The summed E-state index contributed by atoms with van der Waals surface area (Å²) in [6.45, 7) is 6.92. The summed E-state index contributed by atoms with van der Waals surface area (Å²) in [5.74, 6) is -7.91. The Morgan fingerprint density at radius 2 is 1.37 bits per heavy atom. The van der Waals surface area contributed by atoms with Crippen LogP contribution in [0.3, 0.4) is 0 Å². The number of hydrogen-bond acceptors (Lipinski definition) is 18. The molecule has 0 aromatic heterocycles. The molecule has 440 valence electrons. The lowest BCUT2D eigenvalue weighted by Crippen LogP contribution is -2.64. The van der Waals surface area contributed by atoms with Crippen LogP contribution in [0.1, 0.15) is 129 Å². The molecule has 3 fully saturated rings. The second kappa shape index (κ2) is 31.6. The van der Waals surface area contributed by atoms with E-state index in [1.807, 2.05) is 0 Å². The zero-order valence-corrected chi connectivity index (χ0v) is 45.9. The van der Waals surface area contributed by atoms with Crippen LogP contribution in [0, 0.1) is 11.8 Å². The minimum Gasteiger partial charge on any atom is -0.508 e. The van der Waals surface area contributed by atoms with E-state index in [9.17, 15) is 79.2 Å². The molecule has 17 N–H and O–H groups in total. The van der Waals surface area contributed by atoms with Gasteiger partial charge in [0.1, 0.15) is 59.6 Å². The SMILES string of the molecule is CCC(C)CC(C)CCCCCCCCC(=O)NC1CC(O)C(SCCN)NC(=O)C2C(O)CCN2C(=O)C(C(O)CC(N)=O)NC(=O)C(C(O)C(O)c2ccc(O)cc2)NC(=O)C2CC(O)CN2C(=O)C(C(C)O)NC1=O. The van der Waals surface area contributed by atoms with Gasteiger partial charge in [-0.15, -0.1) is 11.8 Å². The van der Waals surface area contributed by atoms with Crippen LogP contribution in [-0.2, 0) is 38.4 Å². The van der Waals surface area contributed by atoms with Crippen molar-refractivity contribution in [1.29, 1.82) is 0 Å². The highest BCUT2D eigenvalue weighted by molar-refractivity contribution is 7.99. The van der Waals surface area contributed by atoms with E-state index in [4.69, 9.17) is 11.5 Å². The number of fused-ring (bicyclic) bond motifs is 2. The lowest BCUT2D eigenvalue weighted by Gasteiger charge is -2.34. The number of nitrogens with two attached hydrogens (primary N) is 2. The Hall–Kier alpha value is -5.19. The van der Waals surface area contributed by atoms with Crippen LogP contribution in [0.2, 0.25) is 0 Å². The fraction of sp³-hybridized carbons (Fsp3) is 0.731. The van der Waals surface area contributed by atoms with E-state index in [0.717, 1.165) is 79.1 Å². The summed E-state index contributed by atoms with van der Waals surface area (Å²) in [6, 6.07) is -6.96. The third-order valence-corrected chi connectivity index (χ3v) is 16.0. The number of aromatic hydroxyl groups is 1. The number of unbranched alkanes of at least 4 members (excludes halogenated alkanes) is 5. The Morgan fingerprint density at radius 3 is 2.00 bits per heavy atom. The second-order valence-corrected chi connectivity index (χ2v) is 22.5. The molecule has 8 amide bonds. The quantitative estimate of drug-likeness (QED) is 0.0498. The van der Waals surface area contributed by atoms with Gasteiger partial charge in [-0.25, -0.2) is 0 Å². The third kappa shape index (κ3) is 19.0. The molecule has 3 saturated heterocycles. The first-order valence-electron chi connectivity index (χ1n) is 27.2. The summed E-state index contributed by atoms with van der Waals surface area (Å²) < 4.78 is 0. The molecule has 0 radical (unpaired) electrons. The van der Waals surface area contributed by atoms with Gasteiger partial charge in [-0.1, -0.05) is 77.8 Å². The molecule has 16 atom stereocenters. The summed E-state index contributed by atoms with van der Waals surface area (Å²) in [6.07, 6.45) is -6.82. The van der Waals surface area contributed by atoms with E-state index < -0.39 is 157 Å². The number of phenols is 1. The van der Waals surface area contributed by atoms with Crippen LogP contribution in [0.5, 0.6) is 5.75 Å². The standard InChI is InChI=1S/C52H85N9O16S/c1-5-27(2)22-28(3)12-10-8-6-7-9-11-13-39(69)55-33-24-37(67)50(78-21-19-53)59-49(75)43-35(65)18-20-60(43)52(77)41(36(66)25-38(54)68)57-48(74)42(45(71)44(70)30-14-16-31(63)17-15-30)58-47(73)34-23-32(64)26-61(34)51(76)40(29(4)62)56-46(33)72/h14-17,27-29,32-37,40-45,50,62-67,70-71H,5-13,18-26,53H2,1-4H3,(H2,54,68)(H,55,69)(H,56,72)(H,57,74)(H,58,73)(H,59,75). The molecule has 25 nitrogen and oxygen atoms in total. The highest BCUT2D eigenvalue weighted by atomic mass is 32.2. The number of carbonyl (C=O) groups excluding carboxylic acids is 8. The monoisotopic (exact) mass is 1120 g/mol. The molecule has 26 heteroatoms. The van der Waals surface area contributed by atoms with Crippen LogP contribution in [0.4, 0.5) is 0 Å². The predicted octanol–water partition coefficient (Wildman–Crippen LogP) is -2.64. The lowest BCUT2D eigenvalue weighted by atomic mass is 9.91. The number of phenolic OH excluding ortho intramolecular Hbond substituents is 1. The Kier molecular flexibility index (Phi) is 26.4. The van der Waals surface area contributed by atoms with Gasteiger partial charge in [0.15, 0.2) is 0 Å². The van der Waals surface area contributed by atoms with Gasteiger partial charge >= 0.3 is 0 Å². The first kappa shape index (κ1) is 65.3. The van der Waals surface area contributed by atoms with Crippen molar-refractivity contribution in [2.45, 2.75) is 202 Å². The van der Waals surface area contributed by atoms with Crippen LogP contribution in [0.25, 0.3) is 0 Å². The molecule has 16 unspecified atom stereocenters. The van der Waals surface area contributed by atoms with Gasteiger partial charge in [-0.2, -0.15) is 0 Å². The van der Waals surface area contributed by atoms with Gasteiger partial charge in [-0.3, -0.25) is 38.4 Å². The molecule has 1 aromatic carbocycles. The van der Waals surface area contributed by atoms with E-state index in [1.165, 1.54) is 18.6 Å². The van der Waals surface area contributed by atoms with E-state index in [-0.39, 0.29) is 43.0 Å². The zero-order valence-electron chi connectivity index (χ0n) is 45.1. The van der Waals surface area contributed by atoms with Crippen LogP contribution in [0.15, 0.2) is 24.3 Å². The average Bonchev–Trinajstić information content (AvgIpc) is 4.01. The predicted molar refractivity (Wildman–Crippen MR) is 285 cm³/mol. The van der Waals surface area contributed by atoms with Gasteiger partial charge in [0, 0.05) is 44.6 Å². The molecule has 78 heavy (non-hydrogen) atoms. The van der Waals surface area contributed by atoms with Crippen molar-refractivity contribution in [3.63, 3.8) is 0 Å². The van der Waals surface area contributed by atoms with Gasteiger partial charge < -0.3 is 88.7 Å². The summed E-state index contributed by atoms with van der Waals surface area (Å²) in [7, 11) is 0. The lowest BCUT2D eigenvalue weighted by molar-refractivity contribution is -0.148. The maximum atomic E-state index is 14.6. The Labute approximate surface area is 459 Å². The first-order valence-corrected chi connectivity index (χ1v) is 28.2. The molecule has 1 aromatic rings. The minimum atomic E-state index is -2.35. The summed E-state index contributed by atoms with van der Waals surface area (Å²) in [5, 5.41) is 100. The van der Waals surface area contributed by atoms with Crippen molar-refractivity contribution in [2.24, 2.45) is 23.3 Å². The fourth-order valence-electron chi connectivity index (χ4n) is 10.1. The highest BCUT2D eigenvalue weighted by Crippen LogP contribution is 2.27. The van der Waals surface area contributed by atoms with E-state index >= 15 is 0 Å². The molecule has 0 aliphatic carbocycles. The van der Waals surface area contributed by atoms with Crippen molar-refractivity contribution < 1.29 is 79.2 Å².